The third-order valence-electron chi connectivity index (χ3n) is 12.8. The van der Waals surface area contributed by atoms with Crippen LogP contribution in [-0.2, 0) is 5.41 Å². The lowest BCUT2D eigenvalue weighted by atomic mass is 9.68. The number of hydrogen-bond donors (Lipinski definition) is 0. The van der Waals surface area contributed by atoms with Gasteiger partial charge >= 0.3 is 0 Å². The number of furan rings is 1. The quantitative estimate of drug-likeness (QED) is 0.176. The second-order valence-electron chi connectivity index (χ2n) is 15.6. The highest BCUT2D eigenvalue weighted by Crippen LogP contribution is 2.56. The van der Waals surface area contributed by atoms with Crippen LogP contribution in [0.4, 0.5) is 0 Å². The monoisotopic (exact) mass is 738 g/mol. The lowest BCUT2D eigenvalue weighted by molar-refractivity contribution is 0.669. The minimum atomic E-state index is -0.445. The van der Waals surface area contributed by atoms with Crippen molar-refractivity contribution in [2.45, 2.75) is 5.41 Å². The SMILES string of the molecule is c1ccc(-n2c3cc4c(cc3c3ccc5oc6ccccc6c5c32)c2ccccc2n4-c2ccc(C3(c4ccccc4)c4ccccc4-c4ccccc43)cc2)cc1. The van der Waals surface area contributed by atoms with Gasteiger partial charge in [-0.2, -0.15) is 0 Å². The Morgan fingerprint density at radius 2 is 0.914 bits per heavy atom. The average molecular weight is 739 g/mol. The lowest BCUT2D eigenvalue weighted by Gasteiger charge is -2.34. The normalized spacial score (nSPS) is 13.3. The number of aromatic nitrogens is 2. The van der Waals surface area contributed by atoms with Crippen LogP contribution in [0.15, 0.2) is 211 Å². The Morgan fingerprint density at radius 1 is 0.345 bits per heavy atom. The molecule has 0 unspecified atom stereocenters. The topological polar surface area (TPSA) is 23.0 Å². The van der Waals surface area contributed by atoms with Gasteiger partial charge in [0.25, 0.3) is 0 Å². The Labute approximate surface area is 334 Å². The molecule has 9 aromatic carbocycles. The Bertz CT molecular complexity index is 3560. The summed E-state index contributed by atoms with van der Waals surface area (Å²) in [5.74, 6) is 0. The summed E-state index contributed by atoms with van der Waals surface area (Å²) in [6, 6.07) is 75.5. The Hall–Kier alpha value is -7.62. The first kappa shape index (κ1) is 31.6. The van der Waals surface area contributed by atoms with Crippen molar-refractivity contribution < 1.29 is 4.42 Å². The second-order valence-corrected chi connectivity index (χ2v) is 15.6. The molecule has 0 saturated heterocycles. The molecule has 0 N–H and O–H groups in total. The van der Waals surface area contributed by atoms with Crippen molar-refractivity contribution in [2.75, 3.05) is 0 Å². The molecule has 12 aromatic rings. The van der Waals surface area contributed by atoms with E-state index in [-0.39, 0.29) is 0 Å². The first-order valence-electron chi connectivity index (χ1n) is 20.0. The van der Waals surface area contributed by atoms with E-state index in [9.17, 15) is 0 Å². The van der Waals surface area contributed by atoms with Crippen molar-refractivity contribution in [1.29, 1.82) is 0 Å². The summed E-state index contributed by atoms with van der Waals surface area (Å²) in [4.78, 5) is 0. The van der Waals surface area contributed by atoms with E-state index in [4.69, 9.17) is 4.42 Å². The van der Waals surface area contributed by atoms with Gasteiger partial charge in [-0.3, -0.25) is 0 Å². The second kappa shape index (κ2) is 11.7. The number of hydrogen-bond acceptors (Lipinski definition) is 1. The highest BCUT2D eigenvalue weighted by atomic mass is 16.3. The summed E-state index contributed by atoms with van der Waals surface area (Å²) in [6.45, 7) is 0. The largest absolute Gasteiger partial charge is 0.456 e. The Balaban J connectivity index is 1.09. The van der Waals surface area contributed by atoms with E-state index in [1.807, 2.05) is 6.07 Å². The predicted molar refractivity (Wildman–Crippen MR) is 240 cm³/mol. The van der Waals surface area contributed by atoms with Crippen LogP contribution in [0.25, 0.3) is 88.1 Å². The molecule has 0 bridgehead atoms. The van der Waals surface area contributed by atoms with E-state index in [0.29, 0.717) is 0 Å². The summed E-state index contributed by atoms with van der Waals surface area (Å²) in [6.07, 6.45) is 0. The molecule has 0 spiro atoms. The zero-order chi connectivity index (χ0) is 38.0. The van der Waals surface area contributed by atoms with Crippen molar-refractivity contribution in [3.8, 4) is 22.5 Å². The van der Waals surface area contributed by atoms with Crippen LogP contribution in [0.1, 0.15) is 22.3 Å². The van der Waals surface area contributed by atoms with Crippen molar-refractivity contribution in [3.05, 3.63) is 229 Å². The zero-order valence-electron chi connectivity index (χ0n) is 31.4. The third kappa shape index (κ3) is 4.07. The molecule has 0 saturated carbocycles. The third-order valence-corrected chi connectivity index (χ3v) is 12.8. The van der Waals surface area contributed by atoms with Gasteiger partial charge in [-0.15, -0.1) is 0 Å². The number of nitrogens with zero attached hydrogens (tertiary/aromatic N) is 2. The maximum atomic E-state index is 6.45. The van der Waals surface area contributed by atoms with E-state index >= 15 is 0 Å². The number of benzene rings is 9. The molecule has 13 rings (SSSR count). The number of fused-ring (bicyclic) bond motifs is 13. The minimum Gasteiger partial charge on any atom is -0.456 e. The molecule has 1 aliphatic carbocycles. The van der Waals surface area contributed by atoms with Crippen LogP contribution in [0, 0.1) is 0 Å². The van der Waals surface area contributed by atoms with Crippen molar-refractivity contribution in [2.24, 2.45) is 0 Å². The van der Waals surface area contributed by atoms with Gasteiger partial charge in [-0.25, -0.2) is 0 Å². The van der Waals surface area contributed by atoms with Crippen LogP contribution in [0.3, 0.4) is 0 Å². The lowest BCUT2D eigenvalue weighted by Crippen LogP contribution is -2.28. The highest BCUT2D eigenvalue weighted by molar-refractivity contribution is 6.27. The van der Waals surface area contributed by atoms with Crippen molar-refractivity contribution in [3.63, 3.8) is 0 Å². The van der Waals surface area contributed by atoms with E-state index in [1.165, 1.54) is 71.5 Å². The number of para-hydroxylation sites is 3. The molecule has 270 valence electrons. The fourth-order valence-electron chi connectivity index (χ4n) is 10.5. The fraction of sp³-hybridized carbons (Fsp3) is 0.0182. The number of rotatable bonds is 4. The Morgan fingerprint density at radius 3 is 1.67 bits per heavy atom. The van der Waals surface area contributed by atoms with E-state index in [2.05, 4.69) is 209 Å². The smallest absolute Gasteiger partial charge is 0.137 e. The van der Waals surface area contributed by atoms with Gasteiger partial charge in [0, 0.05) is 38.3 Å². The molecule has 3 nitrogen and oxygen atoms in total. The molecule has 0 amide bonds. The maximum Gasteiger partial charge on any atom is 0.137 e. The van der Waals surface area contributed by atoms with E-state index < -0.39 is 5.41 Å². The molecule has 3 aromatic heterocycles. The van der Waals surface area contributed by atoms with Crippen LogP contribution in [0.2, 0.25) is 0 Å². The molecule has 0 fully saturated rings. The molecule has 1 aliphatic rings. The van der Waals surface area contributed by atoms with E-state index in [1.54, 1.807) is 0 Å². The van der Waals surface area contributed by atoms with Crippen LogP contribution in [0.5, 0.6) is 0 Å². The minimum absolute atomic E-state index is 0.445. The molecule has 0 atom stereocenters. The molecular weight excluding hydrogens is 705 g/mol. The first-order chi connectivity index (χ1) is 28.8. The molecular formula is C55H34N2O. The summed E-state index contributed by atoms with van der Waals surface area (Å²) < 4.78 is 11.3. The summed E-state index contributed by atoms with van der Waals surface area (Å²) in [5.41, 5.74) is 16.1. The first-order valence-corrected chi connectivity index (χ1v) is 20.0. The summed E-state index contributed by atoms with van der Waals surface area (Å²) in [5, 5.41) is 7.17. The molecule has 0 aliphatic heterocycles. The predicted octanol–water partition coefficient (Wildman–Crippen LogP) is 14.1. The van der Waals surface area contributed by atoms with Crippen LogP contribution >= 0.6 is 0 Å². The van der Waals surface area contributed by atoms with Gasteiger partial charge in [0.1, 0.15) is 11.2 Å². The highest BCUT2D eigenvalue weighted by Gasteiger charge is 2.45. The van der Waals surface area contributed by atoms with Gasteiger partial charge in [-0.05, 0) is 94.0 Å². The van der Waals surface area contributed by atoms with Gasteiger partial charge in [0.05, 0.1) is 32.9 Å². The van der Waals surface area contributed by atoms with Gasteiger partial charge < -0.3 is 13.6 Å². The Kier molecular flexibility index (Phi) is 6.37. The zero-order valence-corrected chi connectivity index (χ0v) is 31.4. The van der Waals surface area contributed by atoms with Crippen LogP contribution in [-0.4, -0.2) is 9.13 Å². The fourth-order valence-corrected chi connectivity index (χ4v) is 10.5. The summed E-state index contributed by atoms with van der Waals surface area (Å²) in [7, 11) is 0. The van der Waals surface area contributed by atoms with Gasteiger partial charge in [-0.1, -0.05) is 146 Å². The standard InChI is InChI=1S/C55H34N2O/c1-3-15-35(16-4-1)55(46-23-11-7-19-39(46)40-20-8-12-24-47(40)55)36-27-29-38(30-28-36)56-48-25-13-9-21-41(48)44-33-45-42-31-32-52-53(43-22-10-14-26-51(43)58-52)54(42)57(50(45)34-49(44)56)37-17-5-2-6-18-37/h1-34H. The summed E-state index contributed by atoms with van der Waals surface area (Å²) >= 11 is 0. The molecule has 3 heterocycles. The molecule has 58 heavy (non-hydrogen) atoms. The molecule has 3 heteroatoms. The van der Waals surface area contributed by atoms with Crippen LogP contribution < -0.4 is 0 Å². The van der Waals surface area contributed by atoms with Gasteiger partial charge in [0.15, 0.2) is 0 Å². The van der Waals surface area contributed by atoms with Crippen molar-refractivity contribution in [1.82, 2.24) is 9.13 Å². The van der Waals surface area contributed by atoms with Crippen molar-refractivity contribution >= 4 is 65.6 Å². The maximum absolute atomic E-state index is 6.45. The van der Waals surface area contributed by atoms with Gasteiger partial charge in [0.2, 0.25) is 0 Å². The average Bonchev–Trinajstić information content (AvgIpc) is 4.01. The van der Waals surface area contributed by atoms with E-state index in [0.717, 1.165) is 38.8 Å². The molecule has 0 radical (unpaired) electrons.